The molecule has 1 aliphatic heterocycles. The zero-order valence-corrected chi connectivity index (χ0v) is 29.0. The van der Waals surface area contributed by atoms with Crippen molar-refractivity contribution in [3.05, 3.63) is 0 Å². The Morgan fingerprint density at radius 1 is 0.776 bits per heavy atom. The SMILES string of the molecule is CCC(C)(C)C(=O)OC(CC(C)C)C(O)(C(F)(F)F)C(F)(F)F.CCC(C)(C)C(=O)OC1(C)COC(OC(=O)C(C)C)(C(F)(F)F)C1(F)F. The van der Waals surface area contributed by atoms with Crippen molar-refractivity contribution in [2.75, 3.05) is 6.61 Å². The van der Waals surface area contributed by atoms with E-state index in [2.05, 4.69) is 14.2 Å². The standard InChI is InChI=1S/C16H23F5O5.C14H22F6O3/c1-7-12(4,5)11(23)26-13(6)8-24-15(14(13,17)18,16(19,20)21)25-10(22)9(2)3;1-6-11(4,5)10(21)23-9(7-8(2)3)12(22,13(15,16)17)14(18,19)20/h9H,7-8H2,1-6H3;8-9,22H,6-7H2,1-5H3. The minimum absolute atomic E-state index is 0.150. The molecule has 0 spiro atoms. The van der Waals surface area contributed by atoms with Crippen LogP contribution < -0.4 is 0 Å². The molecule has 3 atom stereocenters. The first-order valence-corrected chi connectivity index (χ1v) is 15.1. The molecule has 0 radical (unpaired) electrons. The van der Waals surface area contributed by atoms with Gasteiger partial charge in [-0.15, -0.1) is 0 Å². The summed E-state index contributed by atoms with van der Waals surface area (Å²) in [6, 6.07) is 0. The maximum atomic E-state index is 14.9. The molecule has 0 aromatic rings. The third-order valence-electron chi connectivity index (χ3n) is 8.17. The van der Waals surface area contributed by atoms with Gasteiger partial charge in [-0.1, -0.05) is 41.5 Å². The molecule has 0 saturated carbocycles. The van der Waals surface area contributed by atoms with E-state index in [1.807, 2.05) is 0 Å². The Morgan fingerprint density at radius 3 is 1.51 bits per heavy atom. The fourth-order valence-electron chi connectivity index (χ4n) is 3.71. The van der Waals surface area contributed by atoms with Crippen molar-refractivity contribution in [1.82, 2.24) is 0 Å². The van der Waals surface area contributed by atoms with Crippen molar-refractivity contribution in [2.24, 2.45) is 22.7 Å². The largest absolute Gasteiger partial charge is 0.462 e. The van der Waals surface area contributed by atoms with Gasteiger partial charge in [0, 0.05) is 0 Å². The lowest BCUT2D eigenvalue weighted by Gasteiger charge is -2.39. The molecule has 1 heterocycles. The molecule has 49 heavy (non-hydrogen) atoms. The van der Waals surface area contributed by atoms with Crippen LogP contribution in [0.3, 0.4) is 0 Å². The number of halogens is 11. The normalized spacial score (nSPS) is 22.7. The first-order chi connectivity index (χ1) is 21.5. The Balaban J connectivity index is 0.000000949. The van der Waals surface area contributed by atoms with Crippen LogP contribution in [0.25, 0.3) is 0 Å². The molecule has 19 heteroatoms. The highest BCUT2D eigenvalue weighted by atomic mass is 19.4. The molecule has 0 aliphatic carbocycles. The summed E-state index contributed by atoms with van der Waals surface area (Å²) >= 11 is 0. The topological polar surface area (TPSA) is 108 Å². The van der Waals surface area contributed by atoms with Gasteiger partial charge in [0.25, 0.3) is 5.60 Å². The van der Waals surface area contributed by atoms with Gasteiger partial charge in [-0.05, 0) is 59.8 Å². The zero-order valence-electron chi connectivity index (χ0n) is 29.0. The Kier molecular flexibility index (Phi) is 14.3. The number of alkyl halides is 11. The van der Waals surface area contributed by atoms with Gasteiger partial charge in [0.1, 0.15) is 6.10 Å². The molecule has 0 amide bonds. The third kappa shape index (κ3) is 9.47. The van der Waals surface area contributed by atoms with Gasteiger partial charge in [-0.3, -0.25) is 14.4 Å². The van der Waals surface area contributed by atoms with E-state index in [4.69, 9.17) is 4.74 Å². The molecule has 290 valence electrons. The average molecular weight is 743 g/mol. The minimum Gasteiger partial charge on any atom is -0.458 e. The molecule has 1 saturated heterocycles. The molecule has 8 nitrogen and oxygen atoms in total. The number of carbonyl (C=O) groups excluding carboxylic acids is 3. The van der Waals surface area contributed by atoms with E-state index in [0.29, 0.717) is 6.92 Å². The van der Waals surface area contributed by atoms with Gasteiger partial charge in [-0.25, -0.2) is 0 Å². The van der Waals surface area contributed by atoms with E-state index in [1.165, 1.54) is 55.4 Å². The molecule has 1 fully saturated rings. The van der Waals surface area contributed by atoms with E-state index >= 15 is 0 Å². The van der Waals surface area contributed by atoms with Crippen LogP contribution in [0.15, 0.2) is 0 Å². The second-order valence-corrected chi connectivity index (χ2v) is 13.9. The summed E-state index contributed by atoms with van der Waals surface area (Å²) in [5, 5.41) is 9.45. The van der Waals surface area contributed by atoms with Crippen LogP contribution in [-0.4, -0.2) is 77.2 Å². The summed E-state index contributed by atoms with van der Waals surface area (Å²) < 4.78 is 166. The summed E-state index contributed by atoms with van der Waals surface area (Å²) in [6.45, 7) is 13.0. The van der Waals surface area contributed by atoms with Crippen LogP contribution in [0.2, 0.25) is 0 Å². The van der Waals surface area contributed by atoms with Crippen molar-refractivity contribution < 1.29 is 86.7 Å². The van der Waals surface area contributed by atoms with Crippen molar-refractivity contribution in [1.29, 1.82) is 0 Å². The lowest BCUT2D eigenvalue weighted by Crippen LogP contribution is -2.65. The lowest BCUT2D eigenvalue weighted by atomic mass is 9.87. The van der Waals surface area contributed by atoms with Crippen LogP contribution in [0.4, 0.5) is 48.3 Å². The van der Waals surface area contributed by atoms with E-state index in [-0.39, 0.29) is 12.8 Å². The van der Waals surface area contributed by atoms with Crippen molar-refractivity contribution in [2.45, 2.75) is 143 Å². The molecule has 1 N–H and O–H groups in total. The smallest absolute Gasteiger partial charge is 0.458 e. The molecular formula is C30H45F11O8. The number of aliphatic hydroxyl groups is 1. The maximum Gasteiger partial charge on any atom is 0.462 e. The summed E-state index contributed by atoms with van der Waals surface area (Å²) in [6.07, 6.45) is -21.0. The van der Waals surface area contributed by atoms with E-state index in [1.54, 1.807) is 13.8 Å². The number of esters is 3. The maximum absolute atomic E-state index is 14.9. The summed E-state index contributed by atoms with van der Waals surface area (Å²) in [4.78, 5) is 35.7. The number of hydrogen-bond donors (Lipinski definition) is 1. The van der Waals surface area contributed by atoms with Gasteiger partial charge in [0.15, 0.2) is 0 Å². The Hall–Kier alpha value is -2.44. The van der Waals surface area contributed by atoms with E-state index < -0.39 is 101 Å². The Bertz CT molecular complexity index is 1150. The highest BCUT2D eigenvalue weighted by molar-refractivity contribution is 5.77. The lowest BCUT2D eigenvalue weighted by molar-refractivity contribution is -0.410. The average Bonchev–Trinajstić information content (AvgIpc) is 3.11. The Labute approximate surface area is 277 Å². The van der Waals surface area contributed by atoms with Gasteiger partial charge in [-0.2, -0.15) is 48.3 Å². The second kappa shape index (κ2) is 15.0. The van der Waals surface area contributed by atoms with E-state index in [9.17, 15) is 67.8 Å². The van der Waals surface area contributed by atoms with Crippen LogP contribution in [0.1, 0.15) is 95.4 Å². The minimum atomic E-state index is -6.04. The highest BCUT2D eigenvalue weighted by Gasteiger charge is 2.86. The summed E-state index contributed by atoms with van der Waals surface area (Å²) in [5.74, 6) is -15.0. The van der Waals surface area contributed by atoms with Gasteiger partial charge >= 0.3 is 48.1 Å². The molecule has 1 aliphatic rings. The van der Waals surface area contributed by atoms with Gasteiger partial charge in [0.05, 0.1) is 23.4 Å². The van der Waals surface area contributed by atoms with Crippen molar-refractivity contribution >= 4 is 17.9 Å². The number of rotatable bonds is 11. The van der Waals surface area contributed by atoms with Crippen molar-refractivity contribution in [3.63, 3.8) is 0 Å². The fourth-order valence-corrected chi connectivity index (χ4v) is 3.71. The molecule has 0 aromatic heterocycles. The van der Waals surface area contributed by atoms with E-state index in [0.717, 1.165) is 0 Å². The fraction of sp³-hybridized carbons (Fsp3) is 0.900. The predicted molar refractivity (Wildman–Crippen MR) is 150 cm³/mol. The predicted octanol–water partition coefficient (Wildman–Crippen LogP) is 8.08. The molecule has 0 bridgehead atoms. The van der Waals surface area contributed by atoms with Crippen LogP contribution in [-0.2, 0) is 33.3 Å². The van der Waals surface area contributed by atoms with Gasteiger partial charge in [0.2, 0.25) is 5.60 Å². The second-order valence-electron chi connectivity index (χ2n) is 13.9. The molecular weight excluding hydrogens is 697 g/mol. The van der Waals surface area contributed by atoms with Crippen LogP contribution in [0.5, 0.6) is 0 Å². The van der Waals surface area contributed by atoms with Crippen LogP contribution >= 0.6 is 0 Å². The zero-order chi connectivity index (χ0) is 39.6. The molecule has 0 aromatic carbocycles. The number of carbonyl (C=O) groups is 3. The third-order valence-corrected chi connectivity index (χ3v) is 8.17. The van der Waals surface area contributed by atoms with Gasteiger partial charge < -0.3 is 24.1 Å². The first-order valence-electron chi connectivity index (χ1n) is 15.1. The van der Waals surface area contributed by atoms with Crippen LogP contribution in [0, 0.1) is 22.7 Å². The summed E-state index contributed by atoms with van der Waals surface area (Å²) in [5.41, 5.74) is -10.6. The summed E-state index contributed by atoms with van der Waals surface area (Å²) in [7, 11) is 0. The monoisotopic (exact) mass is 742 g/mol. The first kappa shape index (κ1) is 46.6. The van der Waals surface area contributed by atoms with Crippen molar-refractivity contribution in [3.8, 4) is 0 Å². The molecule has 3 unspecified atom stereocenters. The Morgan fingerprint density at radius 2 is 1.18 bits per heavy atom. The quantitative estimate of drug-likeness (QED) is 0.129. The highest BCUT2D eigenvalue weighted by Crippen LogP contribution is 2.57. The number of hydrogen-bond acceptors (Lipinski definition) is 8. The number of ether oxygens (including phenoxy) is 4. The molecule has 1 rings (SSSR count).